The summed E-state index contributed by atoms with van der Waals surface area (Å²) in [6.07, 6.45) is -1.05. The lowest BCUT2D eigenvalue weighted by atomic mass is 9.99. The lowest BCUT2D eigenvalue weighted by Crippen LogP contribution is -2.36. The van der Waals surface area contributed by atoms with E-state index in [2.05, 4.69) is 16.8 Å². The highest BCUT2D eigenvalue weighted by atomic mass is 19.4. The molecule has 1 fully saturated rings. The first-order chi connectivity index (χ1) is 7.97. The molecule has 2 nitrogen and oxygen atoms in total. The van der Waals surface area contributed by atoms with Crippen LogP contribution in [0.15, 0.2) is 18.3 Å². The first-order valence-electron chi connectivity index (χ1n) is 5.80. The van der Waals surface area contributed by atoms with Crippen molar-refractivity contribution in [2.24, 2.45) is 5.92 Å². The number of rotatable bonds is 1. The van der Waals surface area contributed by atoms with Gasteiger partial charge in [-0.1, -0.05) is 6.92 Å². The van der Waals surface area contributed by atoms with E-state index in [1.165, 1.54) is 6.07 Å². The van der Waals surface area contributed by atoms with Crippen molar-refractivity contribution < 1.29 is 18.2 Å². The highest BCUT2D eigenvalue weighted by Crippen LogP contribution is 2.28. The number of hydrogen-bond donors (Lipinski definition) is 0. The Kier molecular flexibility index (Phi) is 3.26. The van der Waals surface area contributed by atoms with Gasteiger partial charge in [0.05, 0.1) is 18.7 Å². The van der Waals surface area contributed by atoms with E-state index in [4.69, 9.17) is 0 Å². The number of nitrogens with one attached hydrogen (secondary N) is 1. The number of aromatic nitrogens is 1. The van der Waals surface area contributed by atoms with Crippen molar-refractivity contribution in [2.45, 2.75) is 25.9 Å². The molecule has 2 heterocycles. The number of hydrogen-bond acceptors (Lipinski definition) is 1. The van der Waals surface area contributed by atoms with Gasteiger partial charge in [-0.05, 0) is 24.8 Å². The van der Waals surface area contributed by atoms with Gasteiger partial charge < -0.3 is 0 Å². The van der Waals surface area contributed by atoms with Crippen molar-refractivity contribution in [1.82, 2.24) is 0 Å². The predicted octanol–water partition coefficient (Wildman–Crippen LogP) is 2.76. The SMILES string of the molecule is CC1CCN(c2ccc(C(F)(F)F)c[nH+]2)CC1. The van der Waals surface area contributed by atoms with Crippen LogP contribution in [0.25, 0.3) is 0 Å². The molecule has 5 heteroatoms. The maximum atomic E-state index is 12.4. The molecule has 0 radical (unpaired) electrons. The number of alkyl halides is 3. The summed E-state index contributed by atoms with van der Waals surface area (Å²) in [6, 6.07) is 2.64. The number of halogens is 3. The summed E-state index contributed by atoms with van der Waals surface area (Å²) in [5, 5.41) is 0. The molecule has 2 rings (SSSR count). The molecule has 0 spiro atoms. The Bertz CT molecular complexity index is 364. The van der Waals surface area contributed by atoms with Crippen molar-refractivity contribution in [3.05, 3.63) is 23.9 Å². The molecule has 1 N–H and O–H groups in total. The van der Waals surface area contributed by atoms with Crippen molar-refractivity contribution >= 4 is 5.82 Å². The average Bonchev–Trinajstić information content (AvgIpc) is 2.29. The summed E-state index contributed by atoms with van der Waals surface area (Å²) >= 11 is 0. The first-order valence-corrected chi connectivity index (χ1v) is 5.80. The number of piperidine rings is 1. The molecular weight excluding hydrogens is 229 g/mol. The summed E-state index contributed by atoms with van der Waals surface area (Å²) in [7, 11) is 0. The van der Waals surface area contributed by atoms with Crippen LogP contribution in [0.4, 0.5) is 19.0 Å². The number of anilines is 1. The van der Waals surface area contributed by atoms with Gasteiger partial charge in [-0.2, -0.15) is 13.2 Å². The van der Waals surface area contributed by atoms with Gasteiger partial charge in [-0.25, -0.2) is 4.98 Å². The topological polar surface area (TPSA) is 17.4 Å². The van der Waals surface area contributed by atoms with E-state index in [-0.39, 0.29) is 0 Å². The Morgan fingerprint density at radius 1 is 1.24 bits per heavy atom. The van der Waals surface area contributed by atoms with E-state index < -0.39 is 11.7 Å². The van der Waals surface area contributed by atoms with Gasteiger partial charge >= 0.3 is 6.18 Å². The Hall–Kier alpha value is -1.26. The number of nitrogens with zero attached hydrogens (tertiary/aromatic N) is 1. The van der Waals surface area contributed by atoms with Crippen LogP contribution < -0.4 is 9.88 Å². The Morgan fingerprint density at radius 2 is 1.88 bits per heavy atom. The molecule has 17 heavy (non-hydrogen) atoms. The zero-order chi connectivity index (χ0) is 12.5. The smallest absolute Gasteiger partial charge is 0.262 e. The molecule has 1 aliphatic heterocycles. The third-order valence-corrected chi connectivity index (χ3v) is 3.25. The lowest BCUT2D eigenvalue weighted by molar-refractivity contribution is -0.367. The Balaban J connectivity index is 2.08. The zero-order valence-corrected chi connectivity index (χ0v) is 9.72. The van der Waals surface area contributed by atoms with Crippen LogP contribution in [0.2, 0.25) is 0 Å². The van der Waals surface area contributed by atoms with Gasteiger partial charge in [-0.15, -0.1) is 0 Å². The second kappa shape index (κ2) is 4.55. The molecule has 1 aromatic rings. The van der Waals surface area contributed by atoms with Gasteiger partial charge in [0.25, 0.3) is 5.82 Å². The molecule has 1 aliphatic rings. The van der Waals surface area contributed by atoms with Crippen LogP contribution in [0.5, 0.6) is 0 Å². The first kappa shape index (κ1) is 12.2. The minimum atomic E-state index is -4.27. The van der Waals surface area contributed by atoms with E-state index >= 15 is 0 Å². The van der Waals surface area contributed by atoms with Crippen LogP contribution >= 0.6 is 0 Å². The summed E-state index contributed by atoms with van der Waals surface area (Å²) in [4.78, 5) is 4.83. The maximum Gasteiger partial charge on any atom is 0.419 e. The molecule has 94 valence electrons. The van der Waals surface area contributed by atoms with Crippen LogP contribution in [-0.4, -0.2) is 13.1 Å². The molecule has 0 aliphatic carbocycles. The van der Waals surface area contributed by atoms with Crippen molar-refractivity contribution in [2.75, 3.05) is 18.0 Å². The van der Waals surface area contributed by atoms with Crippen molar-refractivity contribution in [3.8, 4) is 0 Å². The minimum absolute atomic E-state index is 0.633. The van der Waals surface area contributed by atoms with Crippen LogP contribution in [0.3, 0.4) is 0 Å². The largest absolute Gasteiger partial charge is 0.419 e. The molecule has 0 bridgehead atoms. The highest BCUT2D eigenvalue weighted by molar-refractivity contribution is 5.34. The summed E-state index contributed by atoms with van der Waals surface area (Å²) in [5.74, 6) is 1.48. The summed E-state index contributed by atoms with van der Waals surface area (Å²) in [6.45, 7) is 4.01. The van der Waals surface area contributed by atoms with E-state index in [0.29, 0.717) is 5.92 Å². The van der Waals surface area contributed by atoms with Gasteiger partial charge in [0.2, 0.25) is 0 Å². The molecule has 0 unspecified atom stereocenters. The van der Waals surface area contributed by atoms with Crippen molar-refractivity contribution in [3.63, 3.8) is 0 Å². The minimum Gasteiger partial charge on any atom is -0.262 e. The van der Waals surface area contributed by atoms with Gasteiger partial charge in [0, 0.05) is 6.07 Å². The zero-order valence-electron chi connectivity index (χ0n) is 9.72. The van der Waals surface area contributed by atoms with Gasteiger partial charge in [0.15, 0.2) is 0 Å². The van der Waals surface area contributed by atoms with Gasteiger partial charge in [0.1, 0.15) is 6.20 Å². The average molecular weight is 245 g/mol. The summed E-state index contributed by atoms with van der Waals surface area (Å²) in [5.41, 5.74) is -0.633. The van der Waals surface area contributed by atoms with Gasteiger partial charge in [-0.3, -0.25) is 4.90 Å². The molecule has 1 saturated heterocycles. The fourth-order valence-corrected chi connectivity index (χ4v) is 2.04. The fraction of sp³-hybridized carbons (Fsp3) is 0.583. The van der Waals surface area contributed by atoms with E-state index in [1.807, 2.05) is 0 Å². The number of aromatic amines is 1. The fourth-order valence-electron chi connectivity index (χ4n) is 2.04. The summed E-state index contributed by atoms with van der Waals surface area (Å²) < 4.78 is 37.1. The third kappa shape index (κ3) is 2.90. The third-order valence-electron chi connectivity index (χ3n) is 3.25. The molecule has 1 aromatic heterocycles. The maximum absolute atomic E-state index is 12.4. The number of H-pyrrole nitrogens is 1. The van der Waals surface area contributed by atoms with Crippen molar-refractivity contribution in [1.29, 1.82) is 0 Å². The standard InChI is InChI=1S/C12H15F3N2/c1-9-4-6-17(7-5-9)11-3-2-10(8-16-11)12(13,14)15/h2-3,8-9H,4-7H2,1H3/p+1. The highest BCUT2D eigenvalue weighted by Gasteiger charge is 2.32. The van der Waals surface area contributed by atoms with E-state index in [1.54, 1.807) is 0 Å². The predicted molar refractivity (Wildman–Crippen MR) is 58.6 cm³/mol. The monoisotopic (exact) mass is 245 g/mol. The molecular formula is C12H16F3N2+. The molecule has 0 atom stereocenters. The number of pyridine rings is 1. The normalized spacial score (nSPS) is 18.5. The van der Waals surface area contributed by atoms with Crippen LogP contribution in [0.1, 0.15) is 25.3 Å². The second-order valence-corrected chi connectivity index (χ2v) is 4.63. The quantitative estimate of drug-likeness (QED) is 0.743. The van der Waals surface area contributed by atoms with Crippen LogP contribution in [-0.2, 0) is 6.18 Å². The molecule has 0 amide bonds. The lowest BCUT2D eigenvalue weighted by Gasteiger charge is -2.25. The Morgan fingerprint density at radius 3 is 2.35 bits per heavy atom. The van der Waals surface area contributed by atoms with Crippen LogP contribution in [0, 0.1) is 5.92 Å². The van der Waals surface area contributed by atoms with E-state index in [9.17, 15) is 13.2 Å². The molecule has 0 aromatic carbocycles. The van der Waals surface area contributed by atoms with E-state index in [0.717, 1.165) is 44.0 Å². The molecule has 0 saturated carbocycles. The second-order valence-electron chi connectivity index (χ2n) is 4.63. The Labute approximate surface area is 98.5 Å².